The Labute approximate surface area is 55.2 Å². The highest BCUT2D eigenvalue weighted by molar-refractivity contribution is 7.99. The van der Waals surface area contributed by atoms with Crippen molar-refractivity contribution < 1.29 is 0 Å². The van der Waals surface area contributed by atoms with E-state index in [4.69, 9.17) is 0 Å². The monoisotopic (exact) mass is 131 g/mol. The molecule has 0 aromatic rings. The van der Waals surface area contributed by atoms with Gasteiger partial charge in [0.25, 0.3) is 0 Å². The SMILES string of the molecule is CCC1CCSCN1. The summed E-state index contributed by atoms with van der Waals surface area (Å²) in [6, 6.07) is 0.816. The van der Waals surface area contributed by atoms with Crippen molar-refractivity contribution in [1.82, 2.24) is 5.32 Å². The molecule has 0 aromatic heterocycles. The van der Waals surface area contributed by atoms with Gasteiger partial charge in [-0.1, -0.05) is 6.92 Å². The standard InChI is InChI=1S/C6H13NS/c1-2-6-3-4-8-5-7-6/h6-7H,2-5H2,1H3. The molecule has 0 aromatic carbocycles. The predicted molar refractivity (Wildman–Crippen MR) is 39.2 cm³/mol. The van der Waals surface area contributed by atoms with Gasteiger partial charge in [-0.05, 0) is 18.6 Å². The molecule has 0 amide bonds. The first kappa shape index (κ1) is 6.43. The Bertz CT molecular complexity index is 59.5. The average molecular weight is 131 g/mol. The maximum atomic E-state index is 3.43. The van der Waals surface area contributed by atoms with Crippen LogP contribution in [0.1, 0.15) is 19.8 Å². The number of nitrogens with one attached hydrogen (secondary N) is 1. The summed E-state index contributed by atoms with van der Waals surface area (Å²) in [5.41, 5.74) is 0. The Morgan fingerprint density at radius 3 is 3.00 bits per heavy atom. The highest BCUT2D eigenvalue weighted by Crippen LogP contribution is 2.11. The Morgan fingerprint density at radius 1 is 1.75 bits per heavy atom. The van der Waals surface area contributed by atoms with E-state index in [1.165, 1.54) is 24.5 Å². The van der Waals surface area contributed by atoms with Gasteiger partial charge in [-0.15, -0.1) is 11.8 Å². The van der Waals surface area contributed by atoms with E-state index in [-0.39, 0.29) is 0 Å². The van der Waals surface area contributed by atoms with Crippen molar-refractivity contribution in [3.8, 4) is 0 Å². The van der Waals surface area contributed by atoms with Crippen LogP contribution in [0, 0.1) is 0 Å². The summed E-state index contributed by atoms with van der Waals surface area (Å²) in [6.45, 7) is 2.24. The smallest absolute Gasteiger partial charge is 0.0419 e. The molecule has 1 saturated heterocycles. The van der Waals surface area contributed by atoms with E-state index in [0.29, 0.717) is 0 Å². The topological polar surface area (TPSA) is 12.0 Å². The van der Waals surface area contributed by atoms with Crippen LogP contribution in [-0.2, 0) is 0 Å². The Kier molecular flexibility index (Phi) is 2.70. The Balaban J connectivity index is 2.13. The zero-order valence-corrected chi connectivity index (χ0v) is 6.13. The molecule has 1 nitrogen and oxygen atoms in total. The molecule has 0 bridgehead atoms. The third-order valence-electron chi connectivity index (χ3n) is 1.58. The summed E-state index contributed by atoms with van der Waals surface area (Å²) in [5.74, 6) is 2.52. The molecule has 2 heteroatoms. The fourth-order valence-electron chi connectivity index (χ4n) is 0.925. The van der Waals surface area contributed by atoms with Crippen LogP contribution in [0.15, 0.2) is 0 Å². The van der Waals surface area contributed by atoms with Crippen LogP contribution in [0.3, 0.4) is 0 Å². The third kappa shape index (κ3) is 1.67. The lowest BCUT2D eigenvalue weighted by Crippen LogP contribution is -2.32. The molecule has 1 heterocycles. The van der Waals surface area contributed by atoms with E-state index in [1.54, 1.807) is 0 Å². The van der Waals surface area contributed by atoms with Gasteiger partial charge in [-0.25, -0.2) is 0 Å². The summed E-state index contributed by atoms with van der Waals surface area (Å²) in [6.07, 6.45) is 2.65. The van der Waals surface area contributed by atoms with Crippen molar-refractivity contribution >= 4 is 11.8 Å². The lowest BCUT2D eigenvalue weighted by Gasteiger charge is -2.20. The molecular formula is C6H13NS. The third-order valence-corrected chi connectivity index (χ3v) is 2.47. The molecule has 1 unspecified atom stereocenters. The van der Waals surface area contributed by atoms with Crippen LogP contribution >= 0.6 is 11.8 Å². The summed E-state index contributed by atoms with van der Waals surface area (Å²) in [7, 11) is 0. The predicted octanol–water partition coefficient (Wildman–Crippen LogP) is 1.45. The van der Waals surface area contributed by atoms with Crippen molar-refractivity contribution in [1.29, 1.82) is 0 Å². The first-order chi connectivity index (χ1) is 3.93. The first-order valence-corrected chi connectivity index (χ1v) is 4.40. The van der Waals surface area contributed by atoms with Crippen LogP contribution in [0.2, 0.25) is 0 Å². The van der Waals surface area contributed by atoms with Gasteiger partial charge in [0.1, 0.15) is 0 Å². The van der Waals surface area contributed by atoms with Crippen LogP contribution < -0.4 is 5.32 Å². The lowest BCUT2D eigenvalue weighted by molar-refractivity contribution is 0.514. The van der Waals surface area contributed by atoms with Crippen LogP contribution in [0.5, 0.6) is 0 Å². The van der Waals surface area contributed by atoms with Crippen molar-refractivity contribution in [3.63, 3.8) is 0 Å². The maximum absolute atomic E-state index is 3.43. The molecule has 0 spiro atoms. The molecular weight excluding hydrogens is 118 g/mol. The molecule has 1 fully saturated rings. The highest BCUT2D eigenvalue weighted by Gasteiger charge is 2.08. The second-order valence-electron chi connectivity index (χ2n) is 2.15. The van der Waals surface area contributed by atoms with Crippen LogP contribution in [-0.4, -0.2) is 17.7 Å². The second kappa shape index (κ2) is 3.36. The fraction of sp³-hybridized carbons (Fsp3) is 1.00. The number of rotatable bonds is 1. The van der Waals surface area contributed by atoms with Crippen LogP contribution in [0.25, 0.3) is 0 Å². The Morgan fingerprint density at radius 2 is 2.62 bits per heavy atom. The van der Waals surface area contributed by atoms with Crippen molar-refractivity contribution in [3.05, 3.63) is 0 Å². The van der Waals surface area contributed by atoms with E-state index in [1.807, 2.05) is 11.8 Å². The minimum Gasteiger partial charge on any atom is -0.305 e. The molecule has 1 atom stereocenters. The van der Waals surface area contributed by atoms with Gasteiger partial charge in [0.05, 0.1) is 0 Å². The summed E-state index contributed by atoms with van der Waals surface area (Å²) >= 11 is 2.00. The summed E-state index contributed by atoms with van der Waals surface area (Å²) < 4.78 is 0. The van der Waals surface area contributed by atoms with Crippen molar-refractivity contribution in [2.45, 2.75) is 25.8 Å². The van der Waals surface area contributed by atoms with Gasteiger partial charge in [0.2, 0.25) is 0 Å². The number of hydrogen-bond donors (Lipinski definition) is 1. The van der Waals surface area contributed by atoms with Crippen molar-refractivity contribution in [2.75, 3.05) is 11.6 Å². The number of thioether (sulfide) groups is 1. The molecule has 1 aliphatic rings. The van der Waals surface area contributed by atoms with Gasteiger partial charge < -0.3 is 5.32 Å². The van der Waals surface area contributed by atoms with E-state index in [9.17, 15) is 0 Å². The molecule has 0 aliphatic carbocycles. The van der Waals surface area contributed by atoms with Gasteiger partial charge in [-0.3, -0.25) is 0 Å². The zero-order chi connectivity index (χ0) is 5.82. The maximum Gasteiger partial charge on any atom is 0.0419 e. The molecule has 1 aliphatic heterocycles. The van der Waals surface area contributed by atoms with Gasteiger partial charge in [0.15, 0.2) is 0 Å². The fourth-order valence-corrected chi connectivity index (χ4v) is 1.87. The minimum absolute atomic E-state index is 0.816. The van der Waals surface area contributed by atoms with E-state index < -0.39 is 0 Å². The average Bonchev–Trinajstić information content (AvgIpc) is 1.90. The molecule has 1 rings (SSSR count). The van der Waals surface area contributed by atoms with Gasteiger partial charge >= 0.3 is 0 Å². The van der Waals surface area contributed by atoms with E-state index in [0.717, 1.165) is 6.04 Å². The minimum atomic E-state index is 0.816. The molecule has 48 valence electrons. The molecule has 0 saturated carbocycles. The van der Waals surface area contributed by atoms with Gasteiger partial charge in [0, 0.05) is 11.9 Å². The molecule has 1 N–H and O–H groups in total. The zero-order valence-electron chi connectivity index (χ0n) is 5.31. The largest absolute Gasteiger partial charge is 0.305 e. The summed E-state index contributed by atoms with van der Waals surface area (Å²) in [4.78, 5) is 0. The first-order valence-electron chi connectivity index (χ1n) is 3.24. The molecule has 0 radical (unpaired) electrons. The number of hydrogen-bond acceptors (Lipinski definition) is 2. The second-order valence-corrected chi connectivity index (χ2v) is 3.26. The summed E-state index contributed by atoms with van der Waals surface area (Å²) in [5, 5.41) is 3.43. The Hall–Kier alpha value is 0.310. The van der Waals surface area contributed by atoms with Gasteiger partial charge in [-0.2, -0.15) is 0 Å². The molecule has 8 heavy (non-hydrogen) atoms. The van der Waals surface area contributed by atoms with E-state index in [2.05, 4.69) is 12.2 Å². The quantitative estimate of drug-likeness (QED) is 0.578. The highest BCUT2D eigenvalue weighted by atomic mass is 32.2. The lowest BCUT2D eigenvalue weighted by atomic mass is 10.2. The normalized spacial score (nSPS) is 30.4. The van der Waals surface area contributed by atoms with Crippen molar-refractivity contribution in [2.24, 2.45) is 0 Å². The van der Waals surface area contributed by atoms with Crippen LogP contribution in [0.4, 0.5) is 0 Å². The van der Waals surface area contributed by atoms with E-state index >= 15 is 0 Å².